The van der Waals surface area contributed by atoms with Gasteiger partial charge in [0.1, 0.15) is 5.75 Å². The number of pyridine rings is 1. The number of aromatic nitrogens is 4. The van der Waals surface area contributed by atoms with Crippen LogP contribution in [0.2, 0.25) is 0 Å². The second-order valence-electron chi connectivity index (χ2n) is 7.40. The van der Waals surface area contributed by atoms with Gasteiger partial charge in [-0.3, -0.25) is 9.36 Å². The predicted molar refractivity (Wildman–Crippen MR) is 112 cm³/mol. The Bertz CT molecular complexity index is 1240. The third-order valence-corrected chi connectivity index (χ3v) is 5.61. The van der Waals surface area contributed by atoms with Crippen LogP contribution in [0.15, 0.2) is 59.4 Å². The van der Waals surface area contributed by atoms with Crippen molar-refractivity contribution in [2.75, 3.05) is 7.11 Å². The molecule has 4 aromatic rings. The molecule has 2 heterocycles. The smallest absolute Gasteiger partial charge is 0.214 e. The zero-order chi connectivity index (χ0) is 19.8. The van der Waals surface area contributed by atoms with E-state index in [1.807, 2.05) is 47.1 Å². The van der Waals surface area contributed by atoms with E-state index in [1.54, 1.807) is 7.11 Å². The van der Waals surface area contributed by atoms with Crippen LogP contribution in [0.25, 0.3) is 16.9 Å². The van der Waals surface area contributed by atoms with Crippen LogP contribution in [0.1, 0.15) is 29.7 Å². The Morgan fingerprint density at radius 2 is 1.86 bits per heavy atom. The largest absolute Gasteiger partial charge is 0.497 e. The normalized spacial score (nSPS) is 13.4. The van der Waals surface area contributed by atoms with E-state index in [4.69, 9.17) is 4.74 Å². The van der Waals surface area contributed by atoms with Crippen LogP contribution in [-0.2, 0) is 19.4 Å². The van der Waals surface area contributed by atoms with Gasteiger partial charge in [-0.25, -0.2) is 4.68 Å². The van der Waals surface area contributed by atoms with Crippen LogP contribution in [0.5, 0.6) is 5.75 Å². The van der Waals surface area contributed by atoms with E-state index < -0.39 is 0 Å². The second kappa shape index (κ2) is 7.20. The highest BCUT2D eigenvalue weighted by Crippen LogP contribution is 2.28. The molecule has 0 N–H and O–H groups in total. The Hall–Kier alpha value is -3.41. The van der Waals surface area contributed by atoms with Gasteiger partial charge in [-0.05, 0) is 43.4 Å². The maximum absolute atomic E-state index is 13.2. The molecule has 29 heavy (non-hydrogen) atoms. The molecule has 0 bridgehead atoms. The van der Waals surface area contributed by atoms with Gasteiger partial charge >= 0.3 is 0 Å². The first-order chi connectivity index (χ1) is 14.3. The lowest BCUT2D eigenvalue weighted by Crippen LogP contribution is -2.24. The molecule has 0 saturated heterocycles. The highest BCUT2D eigenvalue weighted by atomic mass is 16.5. The Morgan fingerprint density at radius 3 is 2.69 bits per heavy atom. The van der Waals surface area contributed by atoms with Crippen molar-refractivity contribution in [1.82, 2.24) is 19.6 Å². The summed E-state index contributed by atoms with van der Waals surface area (Å²) in [5, 5.41) is 8.67. The molecule has 1 aliphatic carbocycles. The monoisotopic (exact) mass is 386 g/mol. The fraction of sp³-hybridized carbons (Fsp3) is 0.261. The maximum atomic E-state index is 13.2. The SMILES string of the molecule is COc1cccc(-n2c3c(c(=O)c4nnn(Cc5ccccc5)c42)CCCC3)c1. The van der Waals surface area contributed by atoms with Crippen molar-refractivity contribution in [2.45, 2.75) is 32.2 Å². The van der Waals surface area contributed by atoms with Gasteiger partial charge in [0.2, 0.25) is 5.43 Å². The zero-order valence-electron chi connectivity index (χ0n) is 16.3. The Kier molecular flexibility index (Phi) is 4.39. The molecular weight excluding hydrogens is 364 g/mol. The second-order valence-corrected chi connectivity index (χ2v) is 7.40. The molecule has 6 nitrogen and oxygen atoms in total. The van der Waals surface area contributed by atoms with Gasteiger partial charge in [-0.2, -0.15) is 0 Å². The molecule has 146 valence electrons. The Balaban J connectivity index is 1.81. The van der Waals surface area contributed by atoms with Crippen LogP contribution in [0, 0.1) is 0 Å². The van der Waals surface area contributed by atoms with E-state index in [0.29, 0.717) is 12.1 Å². The van der Waals surface area contributed by atoms with Gasteiger partial charge in [0.15, 0.2) is 11.2 Å². The van der Waals surface area contributed by atoms with Crippen LogP contribution < -0.4 is 10.2 Å². The zero-order valence-corrected chi connectivity index (χ0v) is 16.3. The van der Waals surface area contributed by atoms with Crippen molar-refractivity contribution in [3.05, 3.63) is 81.6 Å². The van der Waals surface area contributed by atoms with Gasteiger partial charge < -0.3 is 4.74 Å². The number of fused-ring (bicyclic) bond motifs is 2. The third-order valence-electron chi connectivity index (χ3n) is 5.61. The summed E-state index contributed by atoms with van der Waals surface area (Å²) < 4.78 is 9.45. The first kappa shape index (κ1) is 17.7. The lowest BCUT2D eigenvalue weighted by atomic mass is 9.94. The van der Waals surface area contributed by atoms with Gasteiger partial charge in [0.05, 0.1) is 19.3 Å². The predicted octanol–water partition coefficient (Wildman–Crippen LogP) is 3.52. The van der Waals surface area contributed by atoms with Crippen molar-refractivity contribution in [2.24, 2.45) is 0 Å². The number of hydrogen-bond acceptors (Lipinski definition) is 4. The summed E-state index contributed by atoms with van der Waals surface area (Å²) in [4.78, 5) is 13.2. The lowest BCUT2D eigenvalue weighted by Gasteiger charge is -2.23. The fourth-order valence-electron chi connectivity index (χ4n) is 4.22. The molecule has 0 saturated carbocycles. The first-order valence-corrected chi connectivity index (χ1v) is 9.94. The van der Waals surface area contributed by atoms with E-state index in [0.717, 1.165) is 59.6 Å². The average molecular weight is 386 g/mol. The topological polar surface area (TPSA) is 61.9 Å². The van der Waals surface area contributed by atoms with Crippen molar-refractivity contribution in [3.8, 4) is 11.4 Å². The minimum absolute atomic E-state index is 0.0214. The van der Waals surface area contributed by atoms with E-state index >= 15 is 0 Å². The summed E-state index contributed by atoms with van der Waals surface area (Å²) in [6, 6.07) is 18.1. The van der Waals surface area contributed by atoms with E-state index in [1.165, 1.54) is 0 Å². The summed E-state index contributed by atoms with van der Waals surface area (Å²) in [6.45, 7) is 0.555. The summed E-state index contributed by atoms with van der Waals surface area (Å²) in [5.41, 5.74) is 5.22. The Labute approximate surface area is 168 Å². The Morgan fingerprint density at radius 1 is 1.03 bits per heavy atom. The molecule has 0 amide bonds. The van der Waals surface area contributed by atoms with Gasteiger partial charge in [0, 0.05) is 17.3 Å². The van der Waals surface area contributed by atoms with Crippen molar-refractivity contribution in [3.63, 3.8) is 0 Å². The number of nitrogens with zero attached hydrogens (tertiary/aromatic N) is 4. The molecule has 0 aliphatic heterocycles. The summed E-state index contributed by atoms with van der Waals surface area (Å²) in [6.07, 6.45) is 3.76. The minimum atomic E-state index is 0.0214. The highest BCUT2D eigenvalue weighted by molar-refractivity contribution is 5.75. The van der Waals surface area contributed by atoms with Gasteiger partial charge in [-0.15, -0.1) is 5.10 Å². The molecule has 5 rings (SSSR count). The van der Waals surface area contributed by atoms with Gasteiger partial charge in [-0.1, -0.05) is 41.6 Å². The minimum Gasteiger partial charge on any atom is -0.497 e. The lowest BCUT2D eigenvalue weighted by molar-refractivity contribution is 0.414. The first-order valence-electron chi connectivity index (χ1n) is 9.94. The standard InChI is InChI=1S/C23H22N4O2/c1-29-18-11-7-10-17(14-18)27-20-13-6-5-12-19(20)22(28)21-23(27)26(25-24-21)15-16-8-3-2-4-9-16/h2-4,7-11,14H,5-6,12-13,15H2,1H3. The molecule has 0 spiro atoms. The number of ether oxygens (including phenoxy) is 1. The number of rotatable bonds is 4. The number of methoxy groups -OCH3 is 1. The van der Waals surface area contributed by atoms with Crippen molar-refractivity contribution in [1.29, 1.82) is 0 Å². The van der Waals surface area contributed by atoms with E-state index in [-0.39, 0.29) is 5.43 Å². The van der Waals surface area contributed by atoms with Crippen LogP contribution in [0.3, 0.4) is 0 Å². The molecule has 6 heteroatoms. The maximum Gasteiger partial charge on any atom is 0.214 e. The molecule has 0 unspecified atom stereocenters. The van der Waals surface area contributed by atoms with E-state index in [2.05, 4.69) is 27.0 Å². The molecule has 0 radical (unpaired) electrons. The fourth-order valence-corrected chi connectivity index (χ4v) is 4.22. The van der Waals surface area contributed by atoms with Crippen LogP contribution in [-0.4, -0.2) is 26.7 Å². The third kappa shape index (κ3) is 3.01. The molecule has 1 aliphatic rings. The highest BCUT2D eigenvalue weighted by Gasteiger charge is 2.24. The quantitative estimate of drug-likeness (QED) is 0.538. The summed E-state index contributed by atoms with van der Waals surface area (Å²) in [5.74, 6) is 0.779. The summed E-state index contributed by atoms with van der Waals surface area (Å²) >= 11 is 0. The van der Waals surface area contributed by atoms with Gasteiger partial charge in [0.25, 0.3) is 0 Å². The van der Waals surface area contributed by atoms with E-state index in [9.17, 15) is 4.79 Å². The van der Waals surface area contributed by atoms with Crippen LogP contribution in [0.4, 0.5) is 0 Å². The summed E-state index contributed by atoms with van der Waals surface area (Å²) in [7, 11) is 1.66. The average Bonchev–Trinajstić information content (AvgIpc) is 3.18. The molecule has 0 fully saturated rings. The molecule has 0 atom stereocenters. The number of benzene rings is 2. The van der Waals surface area contributed by atoms with Crippen LogP contribution >= 0.6 is 0 Å². The van der Waals surface area contributed by atoms with Crippen molar-refractivity contribution < 1.29 is 4.74 Å². The van der Waals surface area contributed by atoms with Crippen molar-refractivity contribution >= 4 is 11.2 Å². The number of hydrogen-bond donors (Lipinski definition) is 0. The molecule has 2 aromatic carbocycles. The molecular formula is C23H22N4O2. The molecule has 2 aromatic heterocycles.